The highest BCUT2D eigenvalue weighted by molar-refractivity contribution is 7.24. The van der Waals surface area contributed by atoms with Crippen LogP contribution in [0.2, 0.25) is 0 Å². The number of ether oxygens (including phenoxy) is 2. The normalized spacial score (nSPS) is 11.1. The van der Waals surface area contributed by atoms with Crippen LogP contribution in [0.25, 0.3) is 20.2 Å². The largest absolute Gasteiger partial charge is 0.493 e. The van der Waals surface area contributed by atoms with Gasteiger partial charge in [0.05, 0.1) is 13.2 Å². The molecule has 0 fully saturated rings. The van der Waals surface area contributed by atoms with Gasteiger partial charge in [-0.2, -0.15) is 0 Å². The fourth-order valence-corrected chi connectivity index (χ4v) is 4.58. The van der Waals surface area contributed by atoms with E-state index in [0.29, 0.717) is 13.2 Å². The van der Waals surface area contributed by atoms with Crippen molar-refractivity contribution in [3.05, 3.63) is 51.2 Å². The lowest BCUT2D eigenvalue weighted by molar-refractivity contribution is 0.167. The molecule has 0 aliphatic heterocycles. The Morgan fingerprint density at radius 1 is 1.04 bits per heavy atom. The van der Waals surface area contributed by atoms with Crippen LogP contribution < -0.4 is 10.2 Å². The first kappa shape index (κ1) is 19.4. The molecule has 140 valence electrons. The monoisotopic (exact) mass is 382 g/mol. The predicted molar refractivity (Wildman–Crippen MR) is 114 cm³/mol. The second kappa shape index (κ2) is 8.13. The van der Waals surface area contributed by atoms with Crippen molar-refractivity contribution in [1.29, 1.82) is 0 Å². The van der Waals surface area contributed by atoms with Gasteiger partial charge in [-0.3, -0.25) is 9.59 Å². The number of fused-ring (bicyclic) bond motifs is 2. The highest BCUT2D eigenvalue weighted by Gasteiger charge is 2.17. The number of unbranched alkanes of at least 4 members (excludes halogenated alkanes) is 1. The number of hydrogen-bond acceptors (Lipinski definition) is 5. The summed E-state index contributed by atoms with van der Waals surface area (Å²) in [7, 11) is 1.41. The molecule has 0 saturated heterocycles. The quantitative estimate of drug-likeness (QED) is 0.363. The number of aryl methyl sites for hydroxylation is 2. The van der Waals surface area contributed by atoms with Gasteiger partial charge < -0.3 is 9.47 Å². The van der Waals surface area contributed by atoms with Crippen molar-refractivity contribution < 1.29 is 14.3 Å². The molecule has 0 bridgehead atoms. The van der Waals surface area contributed by atoms with Crippen LogP contribution in [0.15, 0.2) is 29.1 Å². The van der Waals surface area contributed by atoms with Gasteiger partial charge in [0.25, 0.3) is 0 Å². The molecular weight excluding hydrogens is 359 g/mol. The molecule has 0 spiro atoms. The molecule has 0 aliphatic carbocycles. The van der Waals surface area contributed by atoms with Crippen LogP contribution in [0.4, 0.5) is 4.79 Å². The first-order valence-electron chi connectivity index (χ1n) is 9.13. The SMILES string of the molecule is BC(=O)OCCCCOc1c(C)c(C)c2sc3ccccc3c(=O)c2c1C. The number of carbonyl (C=O) groups excluding carboxylic acids is 1. The molecule has 1 aromatic heterocycles. The van der Waals surface area contributed by atoms with Gasteiger partial charge in [-0.15, -0.1) is 11.3 Å². The lowest BCUT2D eigenvalue weighted by Gasteiger charge is -2.17. The molecule has 1 heterocycles. The van der Waals surface area contributed by atoms with E-state index < -0.39 is 0 Å². The lowest BCUT2D eigenvalue weighted by atomic mass is 10.00. The lowest BCUT2D eigenvalue weighted by Crippen LogP contribution is -2.09. The summed E-state index contributed by atoms with van der Waals surface area (Å²) in [6.45, 7) is 6.99. The second-order valence-electron chi connectivity index (χ2n) is 6.73. The maximum absolute atomic E-state index is 13.1. The van der Waals surface area contributed by atoms with Gasteiger partial charge in [0.1, 0.15) is 5.75 Å². The summed E-state index contributed by atoms with van der Waals surface area (Å²) in [5.74, 6) is 0.538. The smallest absolute Gasteiger partial charge is 0.243 e. The summed E-state index contributed by atoms with van der Waals surface area (Å²) in [6.07, 6.45) is 1.54. The topological polar surface area (TPSA) is 52.6 Å². The maximum Gasteiger partial charge on any atom is 0.243 e. The number of hydrogen-bond donors (Lipinski definition) is 0. The van der Waals surface area contributed by atoms with Crippen LogP contribution in [-0.4, -0.2) is 26.9 Å². The highest BCUT2D eigenvalue weighted by Crippen LogP contribution is 2.37. The van der Waals surface area contributed by atoms with Crippen molar-refractivity contribution in [3.63, 3.8) is 0 Å². The van der Waals surface area contributed by atoms with Gasteiger partial charge in [-0.05, 0) is 56.9 Å². The van der Waals surface area contributed by atoms with Gasteiger partial charge in [-0.25, -0.2) is 0 Å². The van der Waals surface area contributed by atoms with Gasteiger partial charge in [0, 0.05) is 25.7 Å². The minimum Gasteiger partial charge on any atom is -0.493 e. The fourth-order valence-electron chi connectivity index (χ4n) is 3.29. The first-order valence-corrected chi connectivity index (χ1v) is 9.95. The minimum atomic E-state index is -0.260. The molecule has 3 rings (SSSR count). The second-order valence-corrected chi connectivity index (χ2v) is 7.78. The molecule has 27 heavy (non-hydrogen) atoms. The van der Waals surface area contributed by atoms with Gasteiger partial charge in [0.15, 0.2) is 5.43 Å². The van der Waals surface area contributed by atoms with E-state index in [4.69, 9.17) is 9.47 Å². The zero-order chi connectivity index (χ0) is 19.6. The first-order chi connectivity index (χ1) is 12.9. The van der Waals surface area contributed by atoms with E-state index in [0.717, 1.165) is 55.5 Å². The molecule has 0 radical (unpaired) electrons. The molecule has 0 amide bonds. The third kappa shape index (κ3) is 3.86. The zero-order valence-corrected chi connectivity index (χ0v) is 17.0. The number of rotatable bonds is 6. The Labute approximate surface area is 163 Å². The van der Waals surface area contributed by atoms with Gasteiger partial charge >= 0.3 is 0 Å². The average Bonchev–Trinajstić information content (AvgIpc) is 2.64. The summed E-state index contributed by atoms with van der Waals surface area (Å²) in [5, 5.41) is 1.52. The van der Waals surface area contributed by atoms with Gasteiger partial charge in [0.2, 0.25) is 13.7 Å². The highest BCUT2D eigenvalue weighted by atomic mass is 32.1. The zero-order valence-electron chi connectivity index (χ0n) is 16.2. The predicted octanol–water partition coefficient (Wildman–Crippen LogP) is 4.27. The van der Waals surface area contributed by atoms with Crippen LogP contribution in [0, 0.1) is 20.8 Å². The number of carbonyl (C=O) groups is 1. The fraction of sp³-hybridized carbons (Fsp3) is 0.333. The summed E-state index contributed by atoms with van der Waals surface area (Å²) in [4.78, 5) is 23.9. The molecule has 0 N–H and O–H groups in total. The molecule has 6 heteroatoms. The van der Waals surface area contributed by atoms with E-state index in [1.165, 1.54) is 7.85 Å². The summed E-state index contributed by atoms with van der Waals surface area (Å²) >= 11 is 1.66. The molecule has 3 aromatic rings. The van der Waals surface area contributed by atoms with E-state index in [9.17, 15) is 9.59 Å². The van der Waals surface area contributed by atoms with Crippen LogP contribution in [0.3, 0.4) is 0 Å². The van der Waals surface area contributed by atoms with Crippen molar-refractivity contribution >= 4 is 45.2 Å². The Hall–Kier alpha value is -2.34. The maximum atomic E-state index is 13.1. The molecule has 0 aliphatic rings. The molecule has 4 nitrogen and oxygen atoms in total. The van der Waals surface area contributed by atoms with Crippen LogP contribution in [-0.2, 0) is 4.74 Å². The van der Waals surface area contributed by atoms with Crippen molar-refractivity contribution in [2.75, 3.05) is 13.2 Å². The Morgan fingerprint density at radius 3 is 2.48 bits per heavy atom. The van der Waals surface area contributed by atoms with Gasteiger partial charge in [-0.1, -0.05) is 12.1 Å². The molecule has 0 saturated carbocycles. The molecule has 0 atom stereocenters. The van der Waals surface area contributed by atoms with E-state index >= 15 is 0 Å². The van der Waals surface area contributed by atoms with Crippen LogP contribution in [0.1, 0.15) is 29.5 Å². The van der Waals surface area contributed by atoms with E-state index in [1.807, 2.05) is 38.1 Å². The third-order valence-corrected chi connectivity index (χ3v) is 6.14. The van der Waals surface area contributed by atoms with Crippen LogP contribution in [0.5, 0.6) is 5.75 Å². The summed E-state index contributed by atoms with van der Waals surface area (Å²) in [5.41, 5.74) is 3.14. The molecule has 2 aromatic carbocycles. The average molecular weight is 382 g/mol. The molecular formula is C21H23BO4S. The van der Waals surface area contributed by atoms with Crippen molar-refractivity contribution in [3.8, 4) is 5.75 Å². The Balaban J connectivity index is 1.95. The van der Waals surface area contributed by atoms with Crippen LogP contribution >= 0.6 is 11.3 Å². The summed E-state index contributed by atoms with van der Waals surface area (Å²) < 4.78 is 13.0. The number of benzene rings is 2. The van der Waals surface area contributed by atoms with E-state index in [1.54, 1.807) is 11.3 Å². The van der Waals surface area contributed by atoms with E-state index in [2.05, 4.69) is 6.92 Å². The third-order valence-electron chi connectivity index (χ3n) is 4.85. The summed E-state index contributed by atoms with van der Waals surface area (Å²) in [6, 6.07) is 7.75. The Bertz CT molecular complexity index is 1070. The standard InChI is InChI=1S/C21H23BO4S/c1-12-13(2)20-17(18(23)15-8-4-5-9-16(15)27-20)14(3)19(12)25-10-6-7-11-26-21(22)24/h4-5,8-9H,6-7,10-11,22H2,1-3H3. The Morgan fingerprint density at radius 2 is 1.74 bits per heavy atom. The Kier molecular flexibility index (Phi) is 5.85. The van der Waals surface area contributed by atoms with Crippen molar-refractivity contribution in [1.82, 2.24) is 0 Å². The van der Waals surface area contributed by atoms with Crippen molar-refractivity contribution in [2.24, 2.45) is 0 Å². The van der Waals surface area contributed by atoms with Crippen molar-refractivity contribution in [2.45, 2.75) is 33.6 Å². The van der Waals surface area contributed by atoms with E-state index in [-0.39, 0.29) is 11.3 Å². The molecule has 0 unspecified atom stereocenters. The minimum absolute atomic E-state index is 0.0691.